The Bertz CT molecular complexity index is 571. The van der Waals surface area contributed by atoms with Crippen molar-refractivity contribution in [1.29, 1.82) is 0 Å². The van der Waals surface area contributed by atoms with E-state index >= 15 is 0 Å². The second kappa shape index (κ2) is 5.52. The third kappa shape index (κ3) is 2.73. The molecule has 1 atom stereocenters. The van der Waals surface area contributed by atoms with Crippen molar-refractivity contribution in [3.05, 3.63) is 66.0 Å². The summed E-state index contributed by atoms with van der Waals surface area (Å²) in [4.78, 5) is 13.0. The number of hydrogen-bond acceptors (Lipinski definition) is 2. The van der Waals surface area contributed by atoms with E-state index in [-0.39, 0.29) is 5.56 Å². The fourth-order valence-corrected chi connectivity index (χ4v) is 2.02. The average Bonchev–Trinajstić information content (AvgIpc) is 2.42. The lowest BCUT2D eigenvalue weighted by Gasteiger charge is -2.27. The summed E-state index contributed by atoms with van der Waals surface area (Å²) >= 11 is 0. The molecule has 0 aliphatic heterocycles. The Hall–Kier alpha value is -2.36. The van der Waals surface area contributed by atoms with Crippen molar-refractivity contribution < 1.29 is 14.3 Å². The third-order valence-corrected chi connectivity index (χ3v) is 2.98. The van der Waals surface area contributed by atoms with E-state index in [1.165, 1.54) is 12.1 Å². The number of para-hydroxylation sites is 1. The predicted molar refractivity (Wildman–Crippen MR) is 71.6 cm³/mol. The fourth-order valence-electron chi connectivity index (χ4n) is 2.02. The fraction of sp³-hybridized carbons (Fsp3) is 0.133. The van der Waals surface area contributed by atoms with Gasteiger partial charge in [-0.1, -0.05) is 36.4 Å². The van der Waals surface area contributed by atoms with Crippen LogP contribution in [-0.4, -0.2) is 18.1 Å². The molecule has 1 N–H and O–H groups in total. The van der Waals surface area contributed by atoms with E-state index in [4.69, 9.17) is 0 Å². The number of rotatable bonds is 4. The van der Waals surface area contributed by atoms with Crippen LogP contribution in [0.3, 0.4) is 0 Å². The number of halogens is 1. The summed E-state index contributed by atoms with van der Waals surface area (Å²) in [5.41, 5.74) is 0.875. The molecular weight excluding hydrogens is 245 g/mol. The van der Waals surface area contributed by atoms with Gasteiger partial charge in [-0.3, -0.25) is 0 Å². The van der Waals surface area contributed by atoms with E-state index in [0.29, 0.717) is 0 Å². The highest BCUT2D eigenvalue weighted by Gasteiger charge is 2.27. The summed E-state index contributed by atoms with van der Waals surface area (Å²) in [6, 6.07) is 13.9. The molecule has 19 heavy (non-hydrogen) atoms. The van der Waals surface area contributed by atoms with Crippen LogP contribution in [0.5, 0.6) is 0 Å². The van der Waals surface area contributed by atoms with Crippen molar-refractivity contribution in [2.45, 2.75) is 6.04 Å². The second-order valence-electron chi connectivity index (χ2n) is 4.21. The third-order valence-electron chi connectivity index (χ3n) is 2.98. The Morgan fingerprint density at radius 2 is 1.68 bits per heavy atom. The van der Waals surface area contributed by atoms with Crippen LogP contribution in [0, 0.1) is 5.82 Å². The number of carboxylic acids is 1. The van der Waals surface area contributed by atoms with Crippen molar-refractivity contribution in [1.82, 2.24) is 0 Å². The quantitative estimate of drug-likeness (QED) is 0.917. The number of anilines is 1. The molecule has 0 saturated heterocycles. The van der Waals surface area contributed by atoms with Crippen molar-refractivity contribution in [2.75, 3.05) is 11.9 Å². The Balaban J connectivity index is 2.42. The summed E-state index contributed by atoms with van der Waals surface area (Å²) in [5, 5.41) is 9.37. The summed E-state index contributed by atoms with van der Waals surface area (Å²) in [5.74, 6) is -1.60. The van der Waals surface area contributed by atoms with E-state index in [2.05, 4.69) is 0 Å². The van der Waals surface area contributed by atoms with E-state index in [0.717, 1.165) is 5.69 Å². The van der Waals surface area contributed by atoms with Crippen molar-refractivity contribution in [3.8, 4) is 0 Å². The summed E-state index contributed by atoms with van der Waals surface area (Å²) in [6.45, 7) is 0. The molecule has 0 aliphatic rings. The Morgan fingerprint density at radius 1 is 1.11 bits per heavy atom. The van der Waals surface area contributed by atoms with Gasteiger partial charge in [0.2, 0.25) is 0 Å². The van der Waals surface area contributed by atoms with Gasteiger partial charge in [0.1, 0.15) is 5.82 Å². The van der Waals surface area contributed by atoms with Gasteiger partial charge in [0.05, 0.1) is 0 Å². The Labute approximate surface area is 110 Å². The van der Waals surface area contributed by atoms with Crippen LogP contribution in [-0.2, 0) is 4.79 Å². The highest BCUT2D eigenvalue weighted by atomic mass is 19.1. The molecule has 4 heteroatoms. The number of hydrogen-bond donors (Lipinski definition) is 1. The molecule has 2 rings (SSSR count). The van der Waals surface area contributed by atoms with Gasteiger partial charge in [-0.25, -0.2) is 9.18 Å². The zero-order valence-corrected chi connectivity index (χ0v) is 10.5. The molecule has 98 valence electrons. The maximum absolute atomic E-state index is 13.8. The maximum Gasteiger partial charge on any atom is 0.331 e. The first-order chi connectivity index (χ1) is 9.11. The largest absolute Gasteiger partial charge is 0.479 e. The zero-order chi connectivity index (χ0) is 13.8. The molecular formula is C15H14FNO2. The van der Waals surface area contributed by atoms with Gasteiger partial charge < -0.3 is 10.0 Å². The molecule has 0 heterocycles. The van der Waals surface area contributed by atoms with E-state index in [1.807, 2.05) is 18.2 Å². The Morgan fingerprint density at radius 3 is 2.26 bits per heavy atom. The average molecular weight is 259 g/mol. The molecule has 0 amide bonds. The monoisotopic (exact) mass is 259 g/mol. The van der Waals surface area contributed by atoms with Crippen LogP contribution < -0.4 is 4.90 Å². The first-order valence-corrected chi connectivity index (χ1v) is 5.86. The second-order valence-corrected chi connectivity index (χ2v) is 4.21. The number of likely N-dealkylation sites (N-methyl/N-ethyl adjacent to an activating group) is 1. The minimum Gasteiger partial charge on any atom is -0.479 e. The van der Waals surface area contributed by atoms with Gasteiger partial charge in [-0.15, -0.1) is 0 Å². The van der Waals surface area contributed by atoms with Gasteiger partial charge in [-0.2, -0.15) is 0 Å². The van der Waals surface area contributed by atoms with Gasteiger partial charge in [0.25, 0.3) is 0 Å². The number of benzene rings is 2. The molecule has 0 spiro atoms. The minimum absolute atomic E-state index is 0.154. The van der Waals surface area contributed by atoms with Crippen LogP contribution in [0.1, 0.15) is 11.6 Å². The topological polar surface area (TPSA) is 40.5 Å². The molecule has 0 radical (unpaired) electrons. The number of carboxylic acid groups (broad SMARTS) is 1. The van der Waals surface area contributed by atoms with E-state index in [9.17, 15) is 14.3 Å². The first-order valence-electron chi connectivity index (χ1n) is 5.86. The van der Waals surface area contributed by atoms with Crippen LogP contribution >= 0.6 is 0 Å². The molecule has 0 fully saturated rings. The number of carbonyl (C=O) groups is 1. The molecule has 2 aromatic carbocycles. The highest BCUT2D eigenvalue weighted by molar-refractivity contribution is 5.80. The maximum atomic E-state index is 13.8. The molecule has 0 bridgehead atoms. The normalized spacial score (nSPS) is 11.9. The SMILES string of the molecule is CN(c1ccccc1)C(C(=O)O)c1ccccc1F. The first kappa shape index (κ1) is 13.1. The smallest absolute Gasteiger partial charge is 0.331 e. The molecule has 0 aliphatic carbocycles. The van der Waals surface area contributed by atoms with Crippen molar-refractivity contribution in [2.24, 2.45) is 0 Å². The molecule has 0 aromatic heterocycles. The Kier molecular flexibility index (Phi) is 3.80. The van der Waals surface area contributed by atoms with Crippen LogP contribution in [0.2, 0.25) is 0 Å². The molecule has 3 nitrogen and oxygen atoms in total. The lowest BCUT2D eigenvalue weighted by Crippen LogP contribution is -2.31. The standard InChI is InChI=1S/C15H14FNO2/c1-17(11-7-3-2-4-8-11)14(15(18)19)12-9-5-6-10-13(12)16/h2-10,14H,1H3,(H,18,19). The van der Waals surface area contributed by atoms with Crippen molar-refractivity contribution >= 4 is 11.7 Å². The summed E-state index contributed by atoms with van der Waals surface area (Å²) in [7, 11) is 1.64. The summed E-state index contributed by atoms with van der Waals surface area (Å²) < 4.78 is 13.8. The van der Waals surface area contributed by atoms with Gasteiger partial charge in [0, 0.05) is 18.3 Å². The number of aliphatic carboxylic acids is 1. The van der Waals surface area contributed by atoms with Crippen LogP contribution in [0.15, 0.2) is 54.6 Å². The van der Waals surface area contributed by atoms with Gasteiger partial charge in [-0.05, 0) is 18.2 Å². The zero-order valence-electron chi connectivity index (χ0n) is 10.5. The molecule has 2 aromatic rings. The lowest BCUT2D eigenvalue weighted by molar-refractivity contribution is -0.138. The van der Waals surface area contributed by atoms with Crippen LogP contribution in [0.25, 0.3) is 0 Å². The van der Waals surface area contributed by atoms with Crippen molar-refractivity contribution in [3.63, 3.8) is 0 Å². The lowest BCUT2D eigenvalue weighted by atomic mass is 10.0. The minimum atomic E-state index is -1.09. The van der Waals surface area contributed by atoms with Gasteiger partial charge >= 0.3 is 5.97 Å². The van der Waals surface area contributed by atoms with Gasteiger partial charge in [0.15, 0.2) is 6.04 Å². The molecule has 1 unspecified atom stereocenters. The predicted octanol–water partition coefficient (Wildman–Crippen LogP) is 3.09. The molecule has 0 saturated carbocycles. The van der Waals surface area contributed by atoms with E-state index < -0.39 is 17.8 Å². The van der Waals surface area contributed by atoms with Crippen LogP contribution in [0.4, 0.5) is 10.1 Å². The highest BCUT2D eigenvalue weighted by Crippen LogP contribution is 2.27. The van der Waals surface area contributed by atoms with E-state index in [1.54, 1.807) is 36.2 Å². The number of nitrogens with zero attached hydrogens (tertiary/aromatic N) is 1. The summed E-state index contributed by atoms with van der Waals surface area (Å²) in [6.07, 6.45) is 0.